The van der Waals surface area contributed by atoms with Crippen LogP contribution in [0.2, 0.25) is 0 Å². The van der Waals surface area contributed by atoms with Gasteiger partial charge in [-0.3, -0.25) is 4.79 Å². The first-order valence-corrected chi connectivity index (χ1v) is 4.82. The Labute approximate surface area is 83.3 Å². The molecule has 0 amide bonds. The highest BCUT2D eigenvalue weighted by molar-refractivity contribution is 7.27. The summed E-state index contributed by atoms with van der Waals surface area (Å²) in [5, 5.41) is 10.7. The fourth-order valence-electron chi connectivity index (χ4n) is 1.51. The maximum absolute atomic E-state index is 10.6. The van der Waals surface area contributed by atoms with E-state index in [1.807, 2.05) is 18.2 Å². The van der Waals surface area contributed by atoms with Crippen molar-refractivity contribution in [3.8, 4) is 0 Å². The average Bonchev–Trinajstić information content (AvgIpc) is 2.47. The zero-order valence-electron chi connectivity index (χ0n) is 7.45. The van der Waals surface area contributed by atoms with Crippen LogP contribution in [0, 0.1) is 0 Å². The molecule has 0 bridgehead atoms. The van der Waals surface area contributed by atoms with Gasteiger partial charge in [-0.25, -0.2) is 0 Å². The van der Waals surface area contributed by atoms with Crippen LogP contribution in [0.1, 0.15) is 5.56 Å². The first-order chi connectivity index (χ1) is 6.66. The third-order valence-electron chi connectivity index (χ3n) is 2.13. The number of aliphatic carboxylic acids is 1. The number of benzene rings is 1. The highest BCUT2D eigenvalue weighted by Crippen LogP contribution is 2.17. The van der Waals surface area contributed by atoms with Gasteiger partial charge in [0.15, 0.2) is 0 Å². The number of carbonyl (C=O) groups is 1. The van der Waals surface area contributed by atoms with Gasteiger partial charge < -0.3 is 10.1 Å². The number of nitrogens with one attached hydrogen (secondary N) is 1. The Hall–Kier alpha value is -1.34. The number of aromatic nitrogens is 1. The molecule has 0 radical (unpaired) electrons. The van der Waals surface area contributed by atoms with Gasteiger partial charge >= 0.3 is 5.97 Å². The van der Waals surface area contributed by atoms with E-state index in [0.717, 1.165) is 21.8 Å². The van der Waals surface area contributed by atoms with Crippen LogP contribution in [-0.4, -0.2) is 16.1 Å². The molecule has 2 N–H and O–H groups in total. The maximum Gasteiger partial charge on any atom is 0.307 e. The van der Waals surface area contributed by atoms with E-state index in [-0.39, 0.29) is 6.42 Å². The fraction of sp³-hybridized carbons (Fsp3) is 0.100. The summed E-state index contributed by atoms with van der Waals surface area (Å²) >= 11 is 0. The number of H-pyrrole nitrogens is 1. The minimum Gasteiger partial charge on any atom is -0.481 e. The lowest BCUT2D eigenvalue weighted by molar-refractivity contribution is -0.136. The number of carboxylic acid groups (broad SMARTS) is 1. The zero-order valence-corrected chi connectivity index (χ0v) is 8.60. The molecule has 1 heterocycles. The van der Waals surface area contributed by atoms with Crippen molar-refractivity contribution in [2.45, 2.75) is 6.42 Å². The predicted octanol–water partition coefficient (Wildman–Crippen LogP) is 1.30. The second-order valence-corrected chi connectivity index (χ2v) is 3.86. The van der Waals surface area contributed by atoms with E-state index < -0.39 is 5.97 Å². The third kappa shape index (κ3) is 1.64. The van der Waals surface area contributed by atoms with Gasteiger partial charge in [-0.2, -0.15) is 0 Å². The van der Waals surface area contributed by atoms with Crippen molar-refractivity contribution in [1.29, 1.82) is 0 Å². The topological polar surface area (TPSA) is 53.1 Å². The summed E-state index contributed by atoms with van der Waals surface area (Å²) in [7, 11) is 2.60. The summed E-state index contributed by atoms with van der Waals surface area (Å²) in [6.45, 7) is 0. The van der Waals surface area contributed by atoms with Crippen LogP contribution in [0.5, 0.6) is 0 Å². The molecule has 0 saturated carbocycles. The number of hydrogen-bond acceptors (Lipinski definition) is 1. The van der Waals surface area contributed by atoms with E-state index >= 15 is 0 Å². The standard InChI is InChI=1S/C10H10NO2P/c12-10(13)3-6-5-11-9-2-1-7(14)4-8(6)9/h1-2,4-5,11H,3,14H2,(H,12,13). The van der Waals surface area contributed by atoms with E-state index in [2.05, 4.69) is 14.2 Å². The molecule has 0 fully saturated rings. The number of aromatic amines is 1. The van der Waals surface area contributed by atoms with Crippen molar-refractivity contribution in [2.24, 2.45) is 0 Å². The third-order valence-corrected chi connectivity index (χ3v) is 2.49. The minimum atomic E-state index is -0.806. The highest BCUT2D eigenvalue weighted by atomic mass is 31.0. The molecule has 14 heavy (non-hydrogen) atoms. The summed E-state index contributed by atoms with van der Waals surface area (Å²) in [6.07, 6.45) is 1.82. The van der Waals surface area contributed by atoms with Crippen LogP contribution < -0.4 is 5.30 Å². The van der Waals surface area contributed by atoms with Crippen molar-refractivity contribution >= 4 is 31.4 Å². The van der Waals surface area contributed by atoms with Crippen LogP contribution in [0.15, 0.2) is 24.4 Å². The monoisotopic (exact) mass is 207 g/mol. The van der Waals surface area contributed by atoms with Gasteiger partial charge in [0.2, 0.25) is 0 Å². The highest BCUT2D eigenvalue weighted by Gasteiger charge is 2.06. The molecular weight excluding hydrogens is 197 g/mol. The molecule has 0 aliphatic carbocycles. The summed E-state index contributed by atoms with van der Waals surface area (Å²) in [4.78, 5) is 13.6. The first kappa shape index (κ1) is 9.22. The van der Waals surface area contributed by atoms with Crippen molar-refractivity contribution in [3.63, 3.8) is 0 Å². The Morgan fingerprint density at radius 2 is 2.29 bits per heavy atom. The molecule has 2 aromatic rings. The van der Waals surface area contributed by atoms with E-state index in [9.17, 15) is 4.79 Å². The quantitative estimate of drug-likeness (QED) is 0.729. The van der Waals surface area contributed by atoms with Crippen molar-refractivity contribution in [1.82, 2.24) is 4.98 Å². The summed E-state index contributed by atoms with van der Waals surface area (Å²) in [5.74, 6) is -0.806. The van der Waals surface area contributed by atoms with E-state index in [1.165, 1.54) is 0 Å². The van der Waals surface area contributed by atoms with E-state index in [0.29, 0.717) is 0 Å². The lowest BCUT2D eigenvalue weighted by atomic mass is 10.1. The molecular formula is C10H10NO2P. The van der Waals surface area contributed by atoms with Crippen molar-refractivity contribution in [3.05, 3.63) is 30.0 Å². The SMILES string of the molecule is O=C(O)Cc1c[nH]c2ccc(P)cc12. The number of rotatable bonds is 2. The van der Waals surface area contributed by atoms with Gasteiger partial charge in [0, 0.05) is 17.1 Å². The second kappa shape index (κ2) is 3.43. The lowest BCUT2D eigenvalue weighted by Crippen LogP contribution is -1.99. The van der Waals surface area contributed by atoms with Crippen LogP contribution in [0.4, 0.5) is 0 Å². The van der Waals surface area contributed by atoms with Gasteiger partial charge in [0.25, 0.3) is 0 Å². The number of hydrogen-bond donors (Lipinski definition) is 2. The van der Waals surface area contributed by atoms with Gasteiger partial charge in [-0.05, 0) is 23.0 Å². The van der Waals surface area contributed by atoms with Crippen LogP contribution >= 0.6 is 9.24 Å². The molecule has 72 valence electrons. The van der Waals surface area contributed by atoms with Crippen molar-refractivity contribution < 1.29 is 9.90 Å². The largest absolute Gasteiger partial charge is 0.481 e. The zero-order chi connectivity index (χ0) is 10.1. The summed E-state index contributed by atoms with van der Waals surface area (Å²) in [5.41, 5.74) is 1.81. The molecule has 3 nitrogen and oxygen atoms in total. The first-order valence-electron chi connectivity index (χ1n) is 4.24. The Balaban J connectivity index is 2.55. The molecule has 1 unspecified atom stereocenters. The predicted molar refractivity (Wildman–Crippen MR) is 59.0 cm³/mol. The van der Waals surface area contributed by atoms with Crippen LogP contribution in [-0.2, 0) is 11.2 Å². The molecule has 0 aliphatic heterocycles. The molecule has 0 spiro atoms. The Kier molecular flexibility index (Phi) is 2.26. The van der Waals surface area contributed by atoms with Gasteiger partial charge in [-0.15, -0.1) is 9.24 Å². The Bertz CT molecular complexity index is 490. The number of fused-ring (bicyclic) bond motifs is 1. The Morgan fingerprint density at radius 1 is 1.50 bits per heavy atom. The van der Waals surface area contributed by atoms with Crippen LogP contribution in [0.3, 0.4) is 0 Å². The van der Waals surface area contributed by atoms with Crippen molar-refractivity contribution in [2.75, 3.05) is 0 Å². The van der Waals surface area contributed by atoms with Gasteiger partial charge in [0.1, 0.15) is 0 Å². The maximum atomic E-state index is 10.6. The molecule has 4 heteroatoms. The molecule has 2 rings (SSSR count). The molecule has 1 aromatic heterocycles. The molecule has 1 atom stereocenters. The molecule has 0 saturated heterocycles. The van der Waals surface area contributed by atoms with E-state index in [4.69, 9.17) is 5.11 Å². The summed E-state index contributed by atoms with van der Waals surface area (Å²) < 4.78 is 0. The average molecular weight is 207 g/mol. The second-order valence-electron chi connectivity index (χ2n) is 3.19. The minimum absolute atomic E-state index is 0.0636. The van der Waals surface area contributed by atoms with E-state index in [1.54, 1.807) is 6.20 Å². The molecule has 0 aliphatic rings. The lowest BCUT2D eigenvalue weighted by Gasteiger charge is -1.96. The molecule has 1 aromatic carbocycles. The fourth-order valence-corrected chi connectivity index (χ4v) is 1.77. The summed E-state index contributed by atoms with van der Waals surface area (Å²) in [6, 6.07) is 5.88. The normalized spacial score (nSPS) is 10.6. The smallest absolute Gasteiger partial charge is 0.307 e. The Morgan fingerprint density at radius 3 is 3.00 bits per heavy atom. The van der Waals surface area contributed by atoms with Gasteiger partial charge in [-0.1, -0.05) is 6.07 Å². The van der Waals surface area contributed by atoms with Crippen LogP contribution in [0.25, 0.3) is 10.9 Å². The van der Waals surface area contributed by atoms with Gasteiger partial charge in [0.05, 0.1) is 6.42 Å². The number of carboxylic acids is 1.